The van der Waals surface area contributed by atoms with Crippen molar-refractivity contribution in [3.8, 4) is 22.6 Å². The van der Waals surface area contributed by atoms with E-state index in [9.17, 15) is 17.6 Å². The van der Waals surface area contributed by atoms with Crippen molar-refractivity contribution in [2.45, 2.75) is 45.1 Å². The van der Waals surface area contributed by atoms with E-state index < -0.39 is 63.0 Å². The van der Waals surface area contributed by atoms with Crippen molar-refractivity contribution in [2.75, 3.05) is 6.61 Å². The van der Waals surface area contributed by atoms with Gasteiger partial charge < -0.3 is 9.47 Å². The van der Waals surface area contributed by atoms with Crippen molar-refractivity contribution < 1.29 is 40.2 Å². The van der Waals surface area contributed by atoms with Gasteiger partial charge in [-0.1, -0.05) is 25.5 Å². The number of ether oxygens (including phenoxy) is 2. The molecule has 1 aliphatic rings. The molecule has 9 heteroatoms. The molecular formula is C26H21F7O2. The summed E-state index contributed by atoms with van der Waals surface area (Å²) in [4.78, 5) is 0. The molecule has 0 saturated heterocycles. The molecule has 1 aliphatic carbocycles. The Morgan fingerprint density at radius 1 is 0.714 bits per heavy atom. The minimum Gasteiger partial charge on any atom is -0.491 e. The monoisotopic (exact) mass is 498 g/mol. The lowest BCUT2D eigenvalue weighted by atomic mass is 9.79. The van der Waals surface area contributed by atoms with E-state index in [2.05, 4.69) is 0 Å². The van der Waals surface area contributed by atoms with Crippen LogP contribution in [-0.2, 0) is 24.9 Å². The minimum atomic E-state index is -5.08. The van der Waals surface area contributed by atoms with E-state index in [0.717, 1.165) is 30.7 Å². The zero-order chi connectivity index (χ0) is 25.5. The van der Waals surface area contributed by atoms with Gasteiger partial charge in [-0.25, -0.2) is 13.2 Å². The van der Waals surface area contributed by atoms with Crippen LogP contribution in [0.4, 0.5) is 30.7 Å². The Balaban J connectivity index is 1.75. The van der Waals surface area contributed by atoms with Gasteiger partial charge in [-0.2, -0.15) is 17.6 Å². The van der Waals surface area contributed by atoms with Crippen LogP contribution in [0.3, 0.4) is 0 Å². The summed E-state index contributed by atoms with van der Waals surface area (Å²) in [6, 6.07) is 8.25. The number of hydrogen-bond acceptors (Lipinski definition) is 2. The van der Waals surface area contributed by atoms with Gasteiger partial charge in [0, 0.05) is 0 Å². The summed E-state index contributed by atoms with van der Waals surface area (Å²) in [6.07, 6.45) is 1.25. The van der Waals surface area contributed by atoms with Crippen molar-refractivity contribution in [2.24, 2.45) is 0 Å². The van der Waals surface area contributed by atoms with Gasteiger partial charge >= 0.3 is 11.8 Å². The number of alkyl halides is 4. The zero-order valence-electron chi connectivity index (χ0n) is 18.8. The standard InChI is InChI=1S/C26H21F7O2/c1-3-5-15-7-6-14(12-18(15)27)13-35-20-11-9-17-16-8-10-19(34-4-2)23(28)21(16)25(30,31)26(32,33)22(17)24(20)29/h6-12H,3-5,13H2,1-2H3. The molecular weight excluding hydrogens is 477 g/mol. The highest BCUT2D eigenvalue weighted by Crippen LogP contribution is 2.60. The lowest BCUT2D eigenvalue weighted by molar-refractivity contribution is -0.228. The summed E-state index contributed by atoms with van der Waals surface area (Å²) >= 11 is 0. The number of rotatable bonds is 7. The highest BCUT2D eigenvalue weighted by molar-refractivity contribution is 5.78. The fourth-order valence-electron chi connectivity index (χ4n) is 4.18. The van der Waals surface area contributed by atoms with Gasteiger partial charge in [0.05, 0.1) is 17.7 Å². The number of hydrogen-bond donors (Lipinski definition) is 0. The molecule has 0 N–H and O–H groups in total. The summed E-state index contributed by atoms with van der Waals surface area (Å²) in [5.74, 6) is -15.3. The smallest absolute Gasteiger partial charge is 0.343 e. The van der Waals surface area contributed by atoms with E-state index in [1.165, 1.54) is 19.1 Å². The third kappa shape index (κ3) is 4.00. The number of benzene rings is 3. The second-order valence-electron chi connectivity index (χ2n) is 8.15. The molecule has 0 spiro atoms. The molecule has 4 rings (SSSR count). The molecule has 35 heavy (non-hydrogen) atoms. The molecule has 0 radical (unpaired) electrons. The minimum absolute atomic E-state index is 0.0746. The Bertz CT molecular complexity index is 1270. The van der Waals surface area contributed by atoms with Crippen LogP contribution in [-0.4, -0.2) is 6.61 Å². The third-order valence-corrected chi connectivity index (χ3v) is 5.86. The first kappa shape index (κ1) is 24.9. The molecule has 0 atom stereocenters. The zero-order valence-corrected chi connectivity index (χ0v) is 18.8. The Morgan fingerprint density at radius 3 is 1.74 bits per heavy atom. The first-order valence-corrected chi connectivity index (χ1v) is 11.0. The largest absolute Gasteiger partial charge is 0.491 e. The summed E-state index contributed by atoms with van der Waals surface area (Å²) in [7, 11) is 0. The molecule has 0 fully saturated rings. The quantitative estimate of drug-likeness (QED) is 0.308. The fourth-order valence-corrected chi connectivity index (χ4v) is 4.18. The Morgan fingerprint density at radius 2 is 1.26 bits per heavy atom. The molecule has 0 aromatic heterocycles. The van der Waals surface area contributed by atoms with E-state index in [4.69, 9.17) is 9.47 Å². The molecule has 0 amide bonds. The molecule has 0 heterocycles. The summed E-state index contributed by atoms with van der Waals surface area (Å²) in [5, 5.41) is 0. The van der Waals surface area contributed by atoms with E-state index in [0.29, 0.717) is 17.5 Å². The Hall–Kier alpha value is -3.23. The second kappa shape index (κ2) is 9.09. The average molecular weight is 498 g/mol. The molecule has 186 valence electrons. The van der Waals surface area contributed by atoms with E-state index in [1.54, 1.807) is 6.07 Å². The molecule has 3 aromatic rings. The molecule has 3 aromatic carbocycles. The summed E-state index contributed by atoms with van der Waals surface area (Å²) in [5.41, 5.74) is -3.53. The average Bonchev–Trinajstić information content (AvgIpc) is 2.80. The Labute approximate surface area is 197 Å². The van der Waals surface area contributed by atoms with Crippen LogP contribution in [0.15, 0.2) is 42.5 Å². The van der Waals surface area contributed by atoms with Gasteiger partial charge in [0.1, 0.15) is 12.4 Å². The molecule has 0 unspecified atom stereocenters. The lowest BCUT2D eigenvalue weighted by Crippen LogP contribution is -2.41. The molecule has 0 saturated carbocycles. The SMILES string of the molecule is CCCc1ccc(COc2ccc3c(c2F)C(F)(F)C(F)(F)c2c-3ccc(OCC)c2F)cc1F. The predicted molar refractivity (Wildman–Crippen MR) is 115 cm³/mol. The predicted octanol–water partition coefficient (Wildman–Crippen LogP) is 7.90. The highest BCUT2D eigenvalue weighted by atomic mass is 19.3. The van der Waals surface area contributed by atoms with Crippen molar-refractivity contribution in [1.82, 2.24) is 0 Å². The molecule has 0 bridgehead atoms. The second-order valence-corrected chi connectivity index (χ2v) is 8.15. The van der Waals surface area contributed by atoms with Gasteiger partial charge in [-0.3, -0.25) is 0 Å². The van der Waals surface area contributed by atoms with Gasteiger partial charge in [0.2, 0.25) is 0 Å². The van der Waals surface area contributed by atoms with Gasteiger partial charge in [-0.15, -0.1) is 0 Å². The first-order chi connectivity index (χ1) is 16.5. The van der Waals surface area contributed by atoms with Crippen LogP contribution in [0.2, 0.25) is 0 Å². The summed E-state index contributed by atoms with van der Waals surface area (Å²) in [6.45, 7) is 2.91. The van der Waals surface area contributed by atoms with E-state index in [1.807, 2.05) is 6.92 Å². The molecule has 2 nitrogen and oxygen atoms in total. The molecule has 0 aliphatic heterocycles. The number of aryl methyl sites for hydroxylation is 1. The van der Waals surface area contributed by atoms with Crippen molar-refractivity contribution in [1.29, 1.82) is 0 Å². The fraction of sp³-hybridized carbons (Fsp3) is 0.308. The van der Waals surface area contributed by atoms with E-state index >= 15 is 13.2 Å². The number of halogens is 7. The van der Waals surface area contributed by atoms with Crippen molar-refractivity contribution in [3.05, 3.63) is 82.2 Å². The van der Waals surface area contributed by atoms with Crippen LogP contribution >= 0.6 is 0 Å². The van der Waals surface area contributed by atoms with Gasteiger partial charge in [0.25, 0.3) is 0 Å². The number of fused-ring (bicyclic) bond motifs is 3. The third-order valence-electron chi connectivity index (χ3n) is 5.86. The first-order valence-electron chi connectivity index (χ1n) is 11.0. The van der Waals surface area contributed by atoms with Crippen LogP contribution < -0.4 is 9.47 Å². The summed E-state index contributed by atoms with van der Waals surface area (Å²) < 4.78 is 114. The van der Waals surface area contributed by atoms with E-state index in [-0.39, 0.29) is 13.2 Å². The van der Waals surface area contributed by atoms with Crippen LogP contribution in [0.25, 0.3) is 11.1 Å². The van der Waals surface area contributed by atoms with Gasteiger partial charge in [0.15, 0.2) is 23.1 Å². The maximum Gasteiger partial charge on any atom is 0.343 e. The highest BCUT2D eigenvalue weighted by Gasteiger charge is 2.65. The lowest BCUT2D eigenvalue weighted by Gasteiger charge is -2.35. The van der Waals surface area contributed by atoms with Crippen LogP contribution in [0.1, 0.15) is 42.5 Å². The Kier molecular flexibility index (Phi) is 6.46. The maximum atomic E-state index is 15.2. The van der Waals surface area contributed by atoms with Crippen LogP contribution in [0, 0.1) is 17.5 Å². The normalized spacial score (nSPS) is 15.3. The van der Waals surface area contributed by atoms with Crippen LogP contribution in [0.5, 0.6) is 11.5 Å². The van der Waals surface area contributed by atoms with Crippen molar-refractivity contribution in [3.63, 3.8) is 0 Å². The van der Waals surface area contributed by atoms with Gasteiger partial charge in [-0.05, 0) is 65.9 Å². The van der Waals surface area contributed by atoms with Crippen molar-refractivity contribution >= 4 is 0 Å². The topological polar surface area (TPSA) is 18.5 Å². The maximum absolute atomic E-state index is 15.2.